The van der Waals surface area contributed by atoms with Gasteiger partial charge < -0.3 is 16.0 Å². The molecule has 0 saturated heterocycles. The molecular weight excluding hydrogens is 388 g/mol. The topological polar surface area (TPSA) is 130 Å². The van der Waals surface area contributed by atoms with E-state index < -0.39 is 10.8 Å². The maximum Gasteiger partial charge on any atom is 0.273 e. The third kappa shape index (κ3) is 5.40. The van der Waals surface area contributed by atoms with Crippen molar-refractivity contribution in [2.24, 2.45) is 5.92 Å². The minimum absolute atomic E-state index is 0.0308. The van der Waals surface area contributed by atoms with Gasteiger partial charge >= 0.3 is 0 Å². The predicted molar refractivity (Wildman–Crippen MR) is 110 cm³/mol. The van der Waals surface area contributed by atoms with Gasteiger partial charge in [0.05, 0.1) is 4.92 Å². The molecule has 1 saturated carbocycles. The normalized spacial score (nSPS) is 12.7. The first-order valence-corrected chi connectivity index (χ1v) is 9.57. The fourth-order valence-electron chi connectivity index (χ4n) is 2.81. The molecule has 2 aromatic rings. The lowest BCUT2D eigenvalue weighted by molar-refractivity contribution is -0.385. The number of benzene rings is 2. The highest BCUT2D eigenvalue weighted by Crippen LogP contribution is 2.28. The van der Waals surface area contributed by atoms with Crippen LogP contribution < -0.4 is 16.0 Å². The largest absolute Gasteiger partial charge is 0.354 e. The predicted octanol–water partition coefficient (Wildman–Crippen LogP) is 2.41. The van der Waals surface area contributed by atoms with Crippen LogP contribution in [0.5, 0.6) is 0 Å². The standard InChI is InChI=1S/C21H22N4O5/c1-13-2-3-16(12-18(13)25(29)30)21(28)24-17-8-6-15(7-9-17)20(27)23-11-10-22-19(26)14-4-5-14/h2-3,6-9,12,14H,4-5,10-11H2,1H3,(H,22,26)(H,23,27)(H,24,28). The van der Waals surface area contributed by atoms with Gasteiger partial charge in [-0.1, -0.05) is 6.07 Å². The summed E-state index contributed by atoms with van der Waals surface area (Å²) in [5.74, 6) is -0.609. The second kappa shape index (κ2) is 9.17. The second-order valence-electron chi connectivity index (χ2n) is 7.11. The molecule has 2 aromatic carbocycles. The Morgan fingerprint density at radius 2 is 1.60 bits per heavy atom. The van der Waals surface area contributed by atoms with E-state index in [1.54, 1.807) is 31.2 Å². The van der Waals surface area contributed by atoms with Gasteiger partial charge in [0, 0.05) is 47.5 Å². The maximum absolute atomic E-state index is 12.4. The van der Waals surface area contributed by atoms with E-state index in [4.69, 9.17) is 0 Å². The summed E-state index contributed by atoms with van der Waals surface area (Å²) in [4.78, 5) is 46.5. The quantitative estimate of drug-likeness (QED) is 0.349. The Balaban J connectivity index is 1.51. The third-order valence-corrected chi connectivity index (χ3v) is 4.73. The first-order valence-electron chi connectivity index (χ1n) is 9.57. The Morgan fingerprint density at radius 3 is 2.23 bits per heavy atom. The lowest BCUT2D eigenvalue weighted by Crippen LogP contribution is -2.35. The highest BCUT2D eigenvalue weighted by atomic mass is 16.6. The second-order valence-corrected chi connectivity index (χ2v) is 7.11. The van der Waals surface area contributed by atoms with Crippen LogP contribution in [0, 0.1) is 23.0 Å². The van der Waals surface area contributed by atoms with E-state index in [0.717, 1.165) is 12.8 Å². The van der Waals surface area contributed by atoms with Crippen LogP contribution in [0.3, 0.4) is 0 Å². The number of carbonyl (C=O) groups is 3. The van der Waals surface area contributed by atoms with Crippen molar-refractivity contribution in [2.45, 2.75) is 19.8 Å². The van der Waals surface area contributed by atoms with Crippen molar-refractivity contribution in [3.05, 3.63) is 69.3 Å². The van der Waals surface area contributed by atoms with Crippen LogP contribution in [0.2, 0.25) is 0 Å². The molecule has 0 aromatic heterocycles. The van der Waals surface area contributed by atoms with Crippen LogP contribution in [0.25, 0.3) is 0 Å². The summed E-state index contributed by atoms with van der Waals surface area (Å²) in [6, 6.07) is 10.5. The zero-order valence-corrected chi connectivity index (χ0v) is 16.4. The van der Waals surface area contributed by atoms with E-state index in [1.807, 2.05) is 0 Å². The van der Waals surface area contributed by atoms with E-state index in [0.29, 0.717) is 29.9 Å². The van der Waals surface area contributed by atoms with Gasteiger partial charge in [-0.05, 0) is 50.1 Å². The average molecular weight is 410 g/mol. The average Bonchev–Trinajstić information content (AvgIpc) is 3.57. The fourth-order valence-corrected chi connectivity index (χ4v) is 2.81. The number of nitro groups is 1. The smallest absolute Gasteiger partial charge is 0.273 e. The van der Waals surface area contributed by atoms with Gasteiger partial charge in [0.2, 0.25) is 5.91 Å². The van der Waals surface area contributed by atoms with Crippen LogP contribution in [-0.4, -0.2) is 35.7 Å². The molecule has 1 aliphatic carbocycles. The van der Waals surface area contributed by atoms with E-state index in [2.05, 4.69) is 16.0 Å². The number of hydrogen-bond acceptors (Lipinski definition) is 5. The Labute approximate surface area is 173 Å². The molecule has 0 unspecified atom stereocenters. The van der Waals surface area contributed by atoms with Crippen molar-refractivity contribution in [3.8, 4) is 0 Å². The summed E-state index contributed by atoms with van der Waals surface area (Å²) < 4.78 is 0. The Bertz CT molecular complexity index is 983. The van der Waals surface area contributed by atoms with Crippen LogP contribution in [0.4, 0.5) is 11.4 Å². The molecule has 156 valence electrons. The number of anilines is 1. The molecule has 9 heteroatoms. The molecule has 3 amide bonds. The number of nitro benzene ring substituents is 1. The summed E-state index contributed by atoms with van der Waals surface area (Å²) in [6.07, 6.45) is 1.86. The SMILES string of the molecule is Cc1ccc(C(=O)Nc2ccc(C(=O)NCCNC(=O)C3CC3)cc2)cc1[N+](=O)[O-]. The number of carbonyl (C=O) groups excluding carboxylic acids is 3. The van der Waals surface area contributed by atoms with Crippen molar-refractivity contribution in [3.63, 3.8) is 0 Å². The van der Waals surface area contributed by atoms with Gasteiger partial charge in [-0.25, -0.2) is 0 Å². The van der Waals surface area contributed by atoms with Crippen LogP contribution in [0.15, 0.2) is 42.5 Å². The lowest BCUT2D eigenvalue weighted by atomic mass is 10.1. The van der Waals surface area contributed by atoms with Gasteiger partial charge in [0.25, 0.3) is 17.5 Å². The molecule has 0 bridgehead atoms. The Kier molecular flexibility index (Phi) is 6.41. The molecule has 0 radical (unpaired) electrons. The molecule has 0 aliphatic heterocycles. The first kappa shape index (κ1) is 21.0. The van der Waals surface area contributed by atoms with Crippen LogP contribution in [-0.2, 0) is 4.79 Å². The van der Waals surface area contributed by atoms with Crippen molar-refractivity contribution in [1.29, 1.82) is 0 Å². The summed E-state index contributed by atoms with van der Waals surface area (Å²) in [7, 11) is 0. The maximum atomic E-state index is 12.4. The van der Waals surface area contributed by atoms with Crippen molar-refractivity contribution < 1.29 is 19.3 Å². The lowest BCUT2D eigenvalue weighted by Gasteiger charge is -2.09. The van der Waals surface area contributed by atoms with Crippen molar-refractivity contribution >= 4 is 29.1 Å². The van der Waals surface area contributed by atoms with Gasteiger partial charge in [-0.15, -0.1) is 0 Å². The highest BCUT2D eigenvalue weighted by molar-refractivity contribution is 6.05. The first-order chi connectivity index (χ1) is 14.3. The summed E-state index contributed by atoms with van der Waals surface area (Å²) in [5, 5.41) is 19.2. The number of hydrogen-bond donors (Lipinski definition) is 3. The third-order valence-electron chi connectivity index (χ3n) is 4.73. The molecule has 1 aliphatic rings. The molecule has 0 spiro atoms. The van der Waals surface area contributed by atoms with E-state index >= 15 is 0 Å². The molecule has 0 heterocycles. The van der Waals surface area contributed by atoms with E-state index in [-0.39, 0.29) is 29.0 Å². The monoisotopic (exact) mass is 410 g/mol. The van der Waals surface area contributed by atoms with Gasteiger partial charge in [-0.3, -0.25) is 24.5 Å². The number of nitrogens with one attached hydrogen (secondary N) is 3. The van der Waals surface area contributed by atoms with Gasteiger partial charge in [-0.2, -0.15) is 0 Å². The highest BCUT2D eigenvalue weighted by Gasteiger charge is 2.29. The summed E-state index contributed by atoms with van der Waals surface area (Å²) in [5.41, 5.74) is 1.38. The van der Waals surface area contributed by atoms with Gasteiger partial charge in [0.1, 0.15) is 0 Å². The Morgan fingerprint density at radius 1 is 0.967 bits per heavy atom. The van der Waals surface area contributed by atoms with E-state index in [9.17, 15) is 24.5 Å². The number of aryl methyl sites for hydroxylation is 1. The van der Waals surface area contributed by atoms with Crippen LogP contribution in [0.1, 0.15) is 39.1 Å². The molecule has 3 rings (SSSR count). The zero-order chi connectivity index (χ0) is 21.7. The van der Waals surface area contributed by atoms with Crippen molar-refractivity contribution in [1.82, 2.24) is 10.6 Å². The summed E-state index contributed by atoms with van der Waals surface area (Å²) >= 11 is 0. The molecule has 1 fully saturated rings. The minimum Gasteiger partial charge on any atom is -0.354 e. The molecule has 0 atom stereocenters. The Hall–Kier alpha value is -3.75. The number of nitrogens with zero attached hydrogens (tertiary/aromatic N) is 1. The van der Waals surface area contributed by atoms with Crippen molar-refractivity contribution in [2.75, 3.05) is 18.4 Å². The van der Waals surface area contributed by atoms with Crippen LogP contribution >= 0.6 is 0 Å². The fraction of sp³-hybridized carbons (Fsp3) is 0.286. The summed E-state index contributed by atoms with van der Waals surface area (Å²) in [6.45, 7) is 2.30. The van der Waals surface area contributed by atoms with Gasteiger partial charge in [0.15, 0.2) is 0 Å². The number of amides is 3. The number of rotatable bonds is 8. The molecular formula is C21H22N4O5. The molecule has 30 heavy (non-hydrogen) atoms. The minimum atomic E-state index is -0.531. The molecule has 9 nitrogen and oxygen atoms in total. The van der Waals surface area contributed by atoms with E-state index in [1.165, 1.54) is 18.2 Å². The molecule has 3 N–H and O–H groups in total. The zero-order valence-electron chi connectivity index (χ0n) is 16.4.